The minimum Gasteiger partial charge on any atom is -0.346 e. The van der Waals surface area contributed by atoms with Gasteiger partial charge in [0.25, 0.3) is 18.3 Å². The van der Waals surface area contributed by atoms with Crippen molar-refractivity contribution in [3.05, 3.63) is 99.1 Å². The van der Waals surface area contributed by atoms with E-state index in [4.69, 9.17) is 11.6 Å². The van der Waals surface area contributed by atoms with E-state index in [0.717, 1.165) is 12.1 Å². The van der Waals surface area contributed by atoms with Gasteiger partial charge in [0.15, 0.2) is 0 Å². The Morgan fingerprint density at radius 3 is 2.47 bits per heavy atom. The number of hydrogen-bond acceptors (Lipinski definition) is 7. The van der Waals surface area contributed by atoms with Gasteiger partial charge in [-0.05, 0) is 73.1 Å². The van der Waals surface area contributed by atoms with Gasteiger partial charge in [-0.25, -0.2) is 35.7 Å². The van der Waals surface area contributed by atoms with Crippen molar-refractivity contribution in [3.63, 3.8) is 0 Å². The second kappa shape index (κ2) is 13.6. The highest BCUT2D eigenvalue weighted by Crippen LogP contribution is 2.68. The van der Waals surface area contributed by atoms with Crippen molar-refractivity contribution in [1.82, 2.24) is 35.0 Å². The number of alkyl halides is 4. The summed E-state index contributed by atoms with van der Waals surface area (Å²) in [5.41, 5.74) is -0.746. The average molecular weight is 806 g/mol. The number of halogens is 7. The van der Waals surface area contributed by atoms with Gasteiger partial charge in [0, 0.05) is 23.1 Å². The number of nitrogens with zero attached hydrogens (tertiary/aromatic N) is 4. The summed E-state index contributed by atoms with van der Waals surface area (Å²) in [4.78, 5) is 31.8. The number of aromatic nitrogens is 5. The number of benzene rings is 2. The summed E-state index contributed by atoms with van der Waals surface area (Å²) in [5.74, 6) is -9.24. The van der Waals surface area contributed by atoms with Crippen LogP contribution in [0.5, 0.6) is 0 Å². The van der Waals surface area contributed by atoms with Crippen molar-refractivity contribution < 1.29 is 44.3 Å². The summed E-state index contributed by atoms with van der Waals surface area (Å²) >= 11 is 6.40. The highest BCUT2D eigenvalue weighted by atomic mass is 35.5. The first kappa shape index (κ1) is 37.0. The number of hydrogen-bond donors (Lipinski definition) is 3. The van der Waals surface area contributed by atoms with Gasteiger partial charge in [0.1, 0.15) is 35.1 Å². The van der Waals surface area contributed by atoms with Gasteiger partial charge < -0.3 is 5.32 Å². The molecule has 3 N–H and O–H groups in total. The van der Waals surface area contributed by atoms with E-state index in [9.17, 15) is 35.6 Å². The normalized spacial score (nSPS) is 19.4. The molecule has 0 radical (unpaired) electrons. The number of amides is 2. The molecule has 0 saturated heterocycles. The topological polar surface area (TPSA) is 152 Å². The molecule has 2 saturated carbocycles. The van der Waals surface area contributed by atoms with Crippen LogP contribution in [0.4, 0.5) is 26.3 Å². The molecule has 8 rings (SSSR count). The summed E-state index contributed by atoms with van der Waals surface area (Å²) < 4.78 is 116. The SMILES string of the molecule is O=C(Cn1nc(C(F)F)c2c1C(F)(F)[C@@H]1C[C@H]21)N[C@@H](Cc1cc(F)cc(F)c1)c1nc2cn[nH]c2cc1-c1ccc(Cl)c(C(=O)NS(=O)(=O)C2CCCC2)c1. The summed E-state index contributed by atoms with van der Waals surface area (Å²) in [7, 11) is -4.03. The number of aromatic amines is 1. The molecular weight excluding hydrogens is 776 g/mol. The van der Waals surface area contributed by atoms with Crippen LogP contribution in [0.15, 0.2) is 48.7 Å². The van der Waals surface area contributed by atoms with Crippen LogP contribution in [0.25, 0.3) is 22.2 Å². The maximum absolute atomic E-state index is 15.3. The fourth-order valence-electron chi connectivity index (χ4n) is 7.86. The van der Waals surface area contributed by atoms with Gasteiger partial charge in [-0.1, -0.05) is 30.5 Å². The molecule has 0 aliphatic heterocycles. The number of pyridine rings is 1. The van der Waals surface area contributed by atoms with E-state index in [1.165, 1.54) is 24.4 Å². The van der Waals surface area contributed by atoms with Crippen LogP contribution in [0, 0.1) is 17.6 Å². The monoisotopic (exact) mass is 805 g/mol. The van der Waals surface area contributed by atoms with E-state index in [1.807, 2.05) is 0 Å². The average Bonchev–Trinajstić information content (AvgIpc) is 3.46. The van der Waals surface area contributed by atoms with Gasteiger partial charge in [0.2, 0.25) is 15.9 Å². The van der Waals surface area contributed by atoms with Crippen LogP contribution in [-0.2, 0) is 33.7 Å². The molecule has 2 amide bonds. The van der Waals surface area contributed by atoms with Crippen LogP contribution in [0.3, 0.4) is 0 Å². The van der Waals surface area contributed by atoms with Crippen LogP contribution in [-0.4, -0.2) is 50.4 Å². The van der Waals surface area contributed by atoms with Gasteiger partial charge in [-0.2, -0.15) is 19.0 Å². The number of rotatable bonds is 11. The predicted octanol–water partition coefficient (Wildman–Crippen LogP) is 7.00. The molecule has 19 heteroatoms. The molecule has 0 unspecified atom stereocenters. The lowest BCUT2D eigenvalue weighted by molar-refractivity contribution is -0.123. The second-order valence-corrected chi connectivity index (χ2v) is 16.4. The molecule has 2 fully saturated rings. The zero-order chi connectivity index (χ0) is 39.0. The van der Waals surface area contributed by atoms with Crippen molar-refractivity contribution in [2.75, 3.05) is 0 Å². The van der Waals surface area contributed by atoms with Crippen molar-refractivity contribution in [3.8, 4) is 11.1 Å². The lowest BCUT2D eigenvalue weighted by Crippen LogP contribution is -2.37. The van der Waals surface area contributed by atoms with Gasteiger partial charge >= 0.3 is 0 Å². The van der Waals surface area contributed by atoms with Crippen molar-refractivity contribution >= 4 is 44.5 Å². The molecule has 0 spiro atoms. The largest absolute Gasteiger partial charge is 0.346 e. The summed E-state index contributed by atoms with van der Waals surface area (Å²) in [6.07, 6.45) is 0.126. The first-order valence-corrected chi connectivity index (χ1v) is 19.2. The van der Waals surface area contributed by atoms with E-state index in [0.29, 0.717) is 41.9 Å². The van der Waals surface area contributed by atoms with Crippen molar-refractivity contribution in [2.24, 2.45) is 5.92 Å². The number of nitrogens with one attached hydrogen (secondary N) is 3. The summed E-state index contributed by atoms with van der Waals surface area (Å²) in [6.45, 7) is -0.901. The third kappa shape index (κ3) is 6.83. The highest BCUT2D eigenvalue weighted by molar-refractivity contribution is 7.90. The molecule has 55 heavy (non-hydrogen) atoms. The van der Waals surface area contributed by atoms with Gasteiger partial charge in [-0.15, -0.1) is 0 Å². The first-order chi connectivity index (χ1) is 26.1. The van der Waals surface area contributed by atoms with E-state index in [-0.39, 0.29) is 56.9 Å². The number of carbonyl (C=O) groups is 2. The quantitative estimate of drug-likeness (QED) is 0.122. The Labute approximate surface area is 313 Å². The molecule has 3 aliphatic carbocycles. The zero-order valence-electron chi connectivity index (χ0n) is 28.4. The molecule has 3 atom stereocenters. The standard InChI is InChI=1S/C36H30ClF6N7O4S/c37-25-6-5-17(10-23(25)35(52)49-55(53,54)20-3-1-2-4-20)21-13-26-28(14-44-47-26)46-31(21)27(9-16-7-18(38)11-19(39)8-16)45-29(51)15-50-33-30(32(48-50)34(40)41)22-12-24(22)36(33,42)43/h5-8,10-11,13-14,20,22,24,27,34H,1-4,9,12,15H2,(H,44,47)(H,45,51)(H,49,52)/t22-,24+,27-/m0/s1. The van der Waals surface area contributed by atoms with Crippen LogP contribution < -0.4 is 10.0 Å². The minimum absolute atomic E-state index is 0.0270. The fourth-order valence-corrected chi connectivity index (χ4v) is 9.55. The molecule has 5 aromatic rings. The molecule has 0 bridgehead atoms. The molecule has 3 heterocycles. The Hall–Kier alpha value is -4.97. The van der Waals surface area contributed by atoms with Crippen molar-refractivity contribution in [1.29, 1.82) is 0 Å². The molecule has 3 aliphatic rings. The Morgan fingerprint density at radius 2 is 1.76 bits per heavy atom. The van der Waals surface area contributed by atoms with E-state index >= 15 is 8.78 Å². The van der Waals surface area contributed by atoms with E-state index in [1.54, 1.807) is 6.07 Å². The van der Waals surface area contributed by atoms with Gasteiger partial charge in [0.05, 0.1) is 39.3 Å². The number of carbonyl (C=O) groups excluding carboxylic acids is 2. The Morgan fingerprint density at radius 1 is 1.04 bits per heavy atom. The number of H-pyrrole nitrogens is 1. The fraction of sp³-hybridized carbons (Fsp3) is 0.361. The summed E-state index contributed by atoms with van der Waals surface area (Å²) in [5, 5.41) is 12.3. The number of fused-ring (bicyclic) bond motifs is 4. The predicted molar refractivity (Wildman–Crippen MR) is 186 cm³/mol. The second-order valence-electron chi connectivity index (χ2n) is 14.1. The number of sulfonamides is 1. The van der Waals surface area contributed by atoms with Crippen molar-refractivity contribution in [2.45, 2.75) is 74.6 Å². The highest BCUT2D eigenvalue weighted by Gasteiger charge is 2.67. The minimum atomic E-state index is -4.03. The maximum atomic E-state index is 15.3. The smallest absolute Gasteiger partial charge is 0.293 e. The van der Waals surface area contributed by atoms with E-state index < -0.39 is 86.9 Å². The lowest BCUT2D eigenvalue weighted by atomic mass is 9.94. The molecule has 11 nitrogen and oxygen atoms in total. The first-order valence-electron chi connectivity index (χ1n) is 17.3. The Balaban J connectivity index is 1.18. The lowest BCUT2D eigenvalue weighted by Gasteiger charge is -2.23. The summed E-state index contributed by atoms with van der Waals surface area (Å²) in [6, 6.07) is 7.16. The van der Waals surface area contributed by atoms with E-state index in [2.05, 4.69) is 30.3 Å². The maximum Gasteiger partial charge on any atom is 0.293 e. The van der Waals surface area contributed by atoms with Gasteiger partial charge in [-0.3, -0.25) is 19.4 Å². The zero-order valence-corrected chi connectivity index (χ0v) is 30.0. The van der Waals surface area contributed by atoms with Crippen LogP contribution >= 0.6 is 11.6 Å². The Kier molecular flexibility index (Phi) is 9.18. The molecule has 2 aromatic carbocycles. The molecule has 3 aromatic heterocycles. The molecule has 288 valence electrons. The third-order valence-corrected chi connectivity index (χ3v) is 12.6. The third-order valence-electron chi connectivity index (χ3n) is 10.4. The van der Waals surface area contributed by atoms with Crippen LogP contribution in [0.1, 0.15) is 89.1 Å². The molecular formula is C36H30ClF6N7O4S. The Bertz CT molecular complexity index is 2470. The van der Waals surface area contributed by atoms with Crippen LogP contribution in [0.2, 0.25) is 5.02 Å².